The van der Waals surface area contributed by atoms with E-state index in [0.717, 1.165) is 17.1 Å². The summed E-state index contributed by atoms with van der Waals surface area (Å²) in [5.74, 6) is 0. The number of fused-ring (bicyclic) bond motifs is 1. The molecule has 0 radical (unpaired) electrons. The van der Waals surface area contributed by atoms with Crippen LogP contribution in [0.2, 0.25) is 0 Å². The van der Waals surface area contributed by atoms with E-state index in [1.807, 2.05) is 37.0 Å². The van der Waals surface area contributed by atoms with E-state index < -0.39 is 0 Å². The molecule has 2 aromatic heterocycles. The van der Waals surface area contributed by atoms with Gasteiger partial charge in [-0.05, 0) is 33.2 Å². The van der Waals surface area contributed by atoms with Crippen LogP contribution in [0.4, 0.5) is 0 Å². The van der Waals surface area contributed by atoms with Crippen LogP contribution in [0.25, 0.3) is 10.6 Å². The highest BCUT2D eigenvalue weighted by Gasteiger charge is 2.24. The summed E-state index contributed by atoms with van der Waals surface area (Å²) in [6.07, 6.45) is 5.63. The monoisotopic (exact) mass is 262 g/mol. The average molecular weight is 262 g/mol. The van der Waals surface area contributed by atoms with Crippen LogP contribution in [0.15, 0.2) is 6.20 Å². The molecule has 0 aliphatic heterocycles. The fourth-order valence-electron chi connectivity index (χ4n) is 2.62. The van der Waals surface area contributed by atoms with Crippen molar-refractivity contribution in [2.24, 2.45) is 7.05 Å². The summed E-state index contributed by atoms with van der Waals surface area (Å²) in [4.78, 5) is 6.24. The second-order valence-electron chi connectivity index (χ2n) is 4.87. The molecule has 0 fully saturated rings. The topological polar surface area (TPSA) is 42.7 Å². The lowest BCUT2D eigenvalue weighted by molar-refractivity contribution is 0.501. The van der Waals surface area contributed by atoms with Gasteiger partial charge in [-0.2, -0.15) is 5.10 Å². The first-order valence-electron chi connectivity index (χ1n) is 6.36. The smallest absolute Gasteiger partial charge is 0.127 e. The summed E-state index contributed by atoms with van der Waals surface area (Å²) < 4.78 is 1.86. The normalized spacial score (nSPS) is 18.9. The van der Waals surface area contributed by atoms with Crippen molar-refractivity contribution < 1.29 is 0 Å². The minimum atomic E-state index is 0.483. The van der Waals surface area contributed by atoms with Crippen LogP contribution >= 0.6 is 11.3 Å². The number of hydrogen-bond donors (Lipinski definition) is 1. The molecular formula is C13H18N4S. The third kappa shape index (κ3) is 1.87. The van der Waals surface area contributed by atoms with E-state index in [1.54, 1.807) is 0 Å². The Balaban J connectivity index is 2.05. The van der Waals surface area contributed by atoms with E-state index in [0.29, 0.717) is 6.04 Å². The number of nitrogens with one attached hydrogen (secondary N) is 1. The number of rotatable bonds is 2. The largest absolute Gasteiger partial charge is 0.312 e. The predicted octanol–water partition coefficient (Wildman–Crippen LogP) is 2.45. The Bertz CT molecular complexity index is 570. The molecular weight excluding hydrogens is 244 g/mol. The van der Waals surface area contributed by atoms with Crippen LogP contribution in [0, 0.1) is 6.92 Å². The van der Waals surface area contributed by atoms with Gasteiger partial charge in [0.05, 0.1) is 17.0 Å². The molecule has 0 spiro atoms. The number of thiazole rings is 1. The van der Waals surface area contributed by atoms with Gasteiger partial charge in [-0.3, -0.25) is 4.68 Å². The highest BCUT2D eigenvalue weighted by Crippen LogP contribution is 2.38. The molecule has 1 N–H and O–H groups in total. The van der Waals surface area contributed by atoms with Gasteiger partial charge in [-0.25, -0.2) is 4.98 Å². The summed E-state index contributed by atoms with van der Waals surface area (Å²) in [5, 5.41) is 8.91. The highest BCUT2D eigenvalue weighted by atomic mass is 32.1. The van der Waals surface area contributed by atoms with Crippen LogP contribution in [0.1, 0.15) is 35.1 Å². The summed E-state index contributed by atoms with van der Waals surface area (Å²) >= 11 is 1.82. The van der Waals surface area contributed by atoms with Gasteiger partial charge < -0.3 is 5.32 Å². The van der Waals surface area contributed by atoms with Gasteiger partial charge in [0.2, 0.25) is 0 Å². The molecule has 0 bridgehead atoms. The van der Waals surface area contributed by atoms with Crippen LogP contribution in [-0.4, -0.2) is 21.8 Å². The maximum Gasteiger partial charge on any atom is 0.127 e. The summed E-state index contributed by atoms with van der Waals surface area (Å²) in [6, 6.07) is 0.483. The van der Waals surface area contributed by atoms with Crippen LogP contribution in [0.3, 0.4) is 0 Å². The maximum absolute atomic E-state index is 4.82. The number of nitrogens with zero attached hydrogens (tertiary/aromatic N) is 3. The fourth-order valence-corrected chi connectivity index (χ4v) is 3.94. The SMILES string of the molecule is CNC1CCCc2nc(-c3cn(C)nc3C)sc21. The lowest BCUT2D eigenvalue weighted by Gasteiger charge is -2.19. The zero-order valence-corrected chi connectivity index (χ0v) is 11.8. The van der Waals surface area contributed by atoms with Crippen LogP contribution in [0.5, 0.6) is 0 Å². The predicted molar refractivity (Wildman–Crippen MR) is 73.8 cm³/mol. The minimum Gasteiger partial charge on any atom is -0.312 e. The van der Waals surface area contributed by atoms with E-state index in [4.69, 9.17) is 4.98 Å². The Hall–Kier alpha value is -1.20. The van der Waals surface area contributed by atoms with Gasteiger partial charge in [-0.15, -0.1) is 11.3 Å². The summed E-state index contributed by atoms with van der Waals surface area (Å²) in [6.45, 7) is 2.05. The quantitative estimate of drug-likeness (QED) is 0.904. The van der Waals surface area contributed by atoms with Gasteiger partial charge in [0.1, 0.15) is 5.01 Å². The molecule has 96 valence electrons. The molecule has 0 saturated heterocycles. The molecule has 3 rings (SSSR count). The van der Waals surface area contributed by atoms with Gasteiger partial charge in [0.25, 0.3) is 0 Å². The van der Waals surface area contributed by atoms with E-state index in [2.05, 4.69) is 16.6 Å². The zero-order valence-electron chi connectivity index (χ0n) is 11.0. The first kappa shape index (κ1) is 11.9. The molecule has 18 heavy (non-hydrogen) atoms. The number of aromatic nitrogens is 3. The standard InChI is InChI=1S/C13H18N4S/c1-8-9(7-17(3)16-8)13-15-11-6-4-5-10(14-2)12(11)18-13/h7,10,14H,4-6H2,1-3H3. The summed E-state index contributed by atoms with van der Waals surface area (Å²) in [7, 11) is 3.99. The molecule has 4 nitrogen and oxygen atoms in total. The lowest BCUT2D eigenvalue weighted by Crippen LogP contribution is -2.19. The van der Waals surface area contributed by atoms with Crippen molar-refractivity contribution in [3.05, 3.63) is 22.5 Å². The number of hydrogen-bond acceptors (Lipinski definition) is 4. The van der Waals surface area contributed by atoms with E-state index in [-0.39, 0.29) is 0 Å². The molecule has 1 aliphatic rings. The summed E-state index contributed by atoms with van der Waals surface area (Å²) in [5.41, 5.74) is 3.51. The van der Waals surface area contributed by atoms with Crippen molar-refractivity contribution in [3.8, 4) is 10.6 Å². The molecule has 2 aromatic rings. The molecule has 1 unspecified atom stereocenters. The fraction of sp³-hybridized carbons (Fsp3) is 0.538. The second kappa shape index (κ2) is 4.48. The molecule has 0 aromatic carbocycles. The molecule has 1 atom stereocenters. The average Bonchev–Trinajstić information content (AvgIpc) is 2.91. The maximum atomic E-state index is 4.82. The molecule has 0 saturated carbocycles. The molecule has 0 amide bonds. The Kier molecular flexibility index (Phi) is 2.95. The Morgan fingerprint density at radius 1 is 1.50 bits per heavy atom. The van der Waals surface area contributed by atoms with Crippen molar-refractivity contribution >= 4 is 11.3 Å². The third-order valence-corrected chi connectivity index (χ3v) is 4.79. The van der Waals surface area contributed by atoms with Gasteiger partial charge >= 0.3 is 0 Å². The Labute approximate surface area is 111 Å². The van der Waals surface area contributed by atoms with Gasteiger partial charge in [-0.1, -0.05) is 0 Å². The molecule has 5 heteroatoms. The van der Waals surface area contributed by atoms with Crippen molar-refractivity contribution in [3.63, 3.8) is 0 Å². The Morgan fingerprint density at radius 3 is 3.00 bits per heavy atom. The number of aryl methyl sites for hydroxylation is 3. The van der Waals surface area contributed by atoms with E-state index in [1.165, 1.54) is 29.0 Å². The molecule has 1 aliphatic carbocycles. The van der Waals surface area contributed by atoms with Crippen molar-refractivity contribution in [2.75, 3.05) is 7.05 Å². The van der Waals surface area contributed by atoms with E-state index >= 15 is 0 Å². The van der Waals surface area contributed by atoms with Gasteiger partial charge in [0, 0.05) is 24.2 Å². The van der Waals surface area contributed by atoms with Crippen molar-refractivity contribution in [1.82, 2.24) is 20.1 Å². The zero-order chi connectivity index (χ0) is 12.7. The second-order valence-corrected chi connectivity index (χ2v) is 5.90. The first-order chi connectivity index (χ1) is 8.69. The minimum absolute atomic E-state index is 0.483. The lowest BCUT2D eigenvalue weighted by atomic mass is 9.98. The van der Waals surface area contributed by atoms with Gasteiger partial charge in [0.15, 0.2) is 0 Å². The van der Waals surface area contributed by atoms with Crippen molar-refractivity contribution in [1.29, 1.82) is 0 Å². The van der Waals surface area contributed by atoms with Crippen molar-refractivity contribution in [2.45, 2.75) is 32.2 Å². The van der Waals surface area contributed by atoms with E-state index in [9.17, 15) is 0 Å². The van der Waals surface area contributed by atoms with Crippen LogP contribution < -0.4 is 5.32 Å². The third-order valence-electron chi connectivity index (χ3n) is 3.54. The first-order valence-corrected chi connectivity index (χ1v) is 7.18. The molecule has 2 heterocycles. The van der Waals surface area contributed by atoms with Crippen LogP contribution in [-0.2, 0) is 13.5 Å². The Morgan fingerprint density at radius 2 is 2.33 bits per heavy atom. The highest BCUT2D eigenvalue weighted by molar-refractivity contribution is 7.15.